The molecule has 0 bridgehead atoms. The number of rotatable bonds is 3. The SMILES string of the molecule is CCCCC1=CC=Cc2ccccc2[Se]1. The van der Waals surface area contributed by atoms with Crippen molar-refractivity contribution in [2.45, 2.75) is 26.2 Å². The molecule has 0 radical (unpaired) electrons. The van der Waals surface area contributed by atoms with Crippen molar-refractivity contribution in [2.24, 2.45) is 0 Å². The Morgan fingerprint density at radius 3 is 2.93 bits per heavy atom. The van der Waals surface area contributed by atoms with E-state index in [1.165, 1.54) is 29.3 Å². The summed E-state index contributed by atoms with van der Waals surface area (Å²) >= 11 is 0.537. The molecular formula is C14H16Se. The first kappa shape index (κ1) is 10.7. The zero-order valence-corrected chi connectivity index (χ0v) is 10.8. The zero-order chi connectivity index (χ0) is 10.5. The van der Waals surface area contributed by atoms with E-state index >= 15 is 0 Å². The molecule has 1 heterocycles. The minimum atomic E-state index is 0.537. The summed E-state index contributed by atoms with van der Waals surface area (Å²) < 4.78 is 3.16. The van der Waals surface area contributed by atoms with Gasteiger partial charge in [-0.25, -0.2) is 0 Å². The van der Waals surface area contributed by atoms with E-state index < -0.39 is 0 Å². The second kappa shape index (κ2) is 5.34. The summed E-state index contributed by atoms with van der Waals surface area (Å²) in [6.07, 6.45) is 10.6. The van der Waals surface area contributed by atoms with Crippen LogP contribution >= 0.6 is 0 Å². The number of fused-ring (bicyclic) bond motifs is 1. The van der Waals surface area contributed by atoms with Gasteiger partial charge in [0.2, 0.25) is 0 Å². The van der Waals surface area contributed by atoms with Crippen molar-refractivity contribution in [2.75, 3.05) is 0 Å². The van der Waals surface area contributed by atoms with Gasteiger partial charge in [0.05, 0.1) is 0 Å². The summed E-state index contributed by atoms with van der Waals surface area (Å²) in [7, 11) is 0. The molecule has 0 saturated heterocycles. The third kappa shape index (κ3) is 2.84. The van der Waals surface area contributed by atoms with Crippen molar-refractivity contribution < 1.29 is 0 Å². The Bertz CT molecular complexity index is 388. The molecule has 0 aliphatic carbocycles. The van der Waals surface area contributed by atoms with Crippen LogP contribution in [0.4, 0.5) is 0 Å². The normalized spacial score (nSPS) is 14.3. The van der Waals surface area contributed by atoms with Crippen molar-refractivity contribution >= 4 is 25.5 Å². The molecule has 1 aliphatic rings. The van der Waals surface area contributed by atoms with Crippen LogP contribution in [-0.2, 0) is 0 Å². The summed E-state index contributed by atoms with van der Waals surface area (Å²) in [6.45, 7) is 2.26. The van der Waals surface area contributed by atoms with Gasteiger partial charge in [0.25, 0.3) is 0 Å². The molecule has 0 saturated carbocycles. The Hall–Kier alpha value is -0.781. The summed E-state index contributed by atoms with van der Waals surface area (Å²) in [5.74, 6) is 0. The molecule has 0 fully saturated rings. The van der Waals surface area contributed by atoms with Crippen LogP contribution in [0, 0.1) is 0 Å². The van der Waals surface area contributed by atoms with Gasteiger partial charge in [0, 0.05) is 0 Å². The first-order valence-electron chi connectivity index (χ1n) is 5.54. The maximum atomic E-state index is 2.32. The van der Waals surface area contributed by atoms with E-state index in [4.69, 9.17) is 0 Å². The summed E-state index contributed by atoms with van der Waals surface area (Å²) in [5.41, 5.74) is 1.40. The third-order valence-electron chi connectivity index (χ3n) is 2.49. The average molecular weight is 263 g/mol. The molecule has 15 heavy (non-hydrogen) atoms. The fraction of sp³-hybridized carbons (Fsp3) is 0.286. The Morgan fingerprint density at radius 1 is 1.20 bits per heavy atom. The predicted molar refractivity (Wildman–Crippen MR) is 68.5 cm³/mol. The first-order valence-corrected chi connectivity index (χ1v) is 7.25. The van der Waals surface area contributed by atoms with E-state index in [2.05, 4.69) is 49.4 Å². The predicted octanol–water partition coefficient (Wildman–Crippen LogP) is 3.12. The van der Waals surface area contributed by atoms with Crippen LogP contribution in [0.25, 0.3) is 6.08 Å². The molecule has 1 heteroatoms. The minimum absolute atomic E-state index is 0.537. The second-order valence-corrected chi connectivity index (χ2v) is 6.19. The molecule has 0 amide bonds. The van der Waals surface area contributed by atoms with Crippen molar-refractivity contribution in [3.8, 4) is 0 Å². The Morgan fingerprint density at radius 2 is 2.07 bits per heavy atom. The summed E-state index contributed by atoms with van der Waals surface area (Å²) in [5, 5.41) is 0. The quantitative estimate of drug-likeness (QED) is 0.735. The maximum absolute atomic E-state index is 2.32. The van der Waals surface area contributed by atoms with Crippen LogP contribution in [0.3, 0.4) is 0 Å². The summed E-state index contributed by atoms with van der Waals surface area (Å²) in [4.78, 5) is 0. The topological polar surface area (TPSA) is 0 Å². The van der Waals surface area contributed by atoms with E-state index in [0.717, 1.165) is 0 Å². The van der Waals surface area contributed by atoms with Gasteiger partial charge in [-0.3, -0.25) is 0 Å². The van der Waals surface area contributed by atoms with Crippen LogP contribution in [0.15, 0.2) is 40.9 Å². The number of benzene rings is 1. The molecule has 0 unspecified atom stereocenters. The van der Waals surface area contributed by atoms with E-state index in [0.29, 0.717) is 15.0 Å². The van der Waals surface area contributed by atoms with Gasteiger partial charge in [-0.2, -0.15) is 0 Å². The molecule has 0 spiro atoms. The van der Waals surface area contributed by atoms with Crippen molar-refractivity contribution in [1.29, 1.82) is 0 Å². The molecule has 1 aromatic carbocycles. The molecule has 0 nitrogen and oxygen atoms in total. The standard InChI is InChI=1S/C14H16Se/c1-2-3-9-13-10-6-8-12-7-4-5-11-14(12)15-13/h4-8,10-11H,2-3,9H2,1H3. The van der Waals surface area contributed by atoms with Crippen molar-refractivity contribution in [3.05, 3.63) is 46.5 Å². The van der Waals surface area contributed by atoms with Crippen LogP contribution < -0.4 is 4.46 Å². The number of hydrogen-bond acceptors (Lipinski definition) is 0. The van der Waals surface area contributed by atoms with E-state index in [9.17, 15) is 0 Å². The number of unbranched alkanes of at least 4 members (excludes halogenated alkanes) is 1. The van der Waals surface area contributed by atoms with Crippen LogP contribution in [0.1, 0.15) is 31.7 Å². The monoisotopic (exact) mass is 264 g/mol. The molecule has 1 aromatic rings. The van der Waals surface area contributed by atoms with Crippen molar-refractivity contribution in [3.63, 3.8) is 0 Å². The Kier molecular flexibility index (Phi) is 3.82. The van der Waals surface area contributed by atoms with E-state index in [1.807, 2.05) is 0 Å². The number of hydrogen-bond donors (Lipinski definition) is 0. The average Bonchev–Trinajstić information content (AvgIpc) is 2.47. The van der Waals surface area contributed by atoms with Gasteiger partial charge >= 0.3 is 98.1 Å². The Labute approximate surface area is 98.2 Å². The second-order valence-electron chi connectivity index (χ2n) is 3.74. The zero-order valence-electron chi connectivity index (χ0n) is 9.07. The summed E-state index contributed by atoms with van der Waals surface area (Å²) in [6, 6.07) is 8.75. The Balaban J connectivity index is 2.16. The van der Waals surface area contributed by atoms with Gasteiger partial charge in [0.1, 0.15) is 0 Å². The molecular weight excluding hydrogens is 247 g/mol. The molecule has 2 rings (SSSR count). The van der Waals surface area contributed by atoms with Gasteiger partial charge in [-0.05, 0) is 0 Å². The fourth-order valence-electron chi connectivity index (χ4n) is 1.63. The van der Waals surface area contributed by atoms with Gasteiger partial charge in [0.15, 0.2) is 0 Å². The van der Waals surface area contributed by atoms with Gasteiger partial charge in [-0.15, -0.1) is 0 Å². The third-order valence-corrected chi connectivity index (χ3v) is 5.00. The van der Waals surface area contributed by atoms with Gasteiger partial charge < -0.3 is 0 Å². The van der Waals surface area contributed by atoms with Crippen molar-refractivity contribution in [1.82, 2.24) is 0 Å². The molecule has 0 N–H and O–H groups in total. The van der Waals surface area contributed by atoms with Crippen LogP contribution in [0.5, 0.6) is 0 Å². The number of allylic oxidation sites excluding steroid dienone is 3. The van der Waals surface area contributed by atoms with Crippen LogP contribution in [-0.4, -0.2) is 15.0 Å². The van der Waals surface area contributed by atoms with E-state index in [1.54, 1.807) is 4.47 Å². The van der Waals surface area contributed by atoms with Gasteiger partial charge in [-0.1, -0.05) is 0 Å². The first-order chi connectivity index (χ1) is 7.40. The molecule has 0 aromatic heterocycles. The van der Waals surface area contributed by atoms with Crippen LogP contribution in [0.2, 0.25) is 0 Å². The van der Waals surface area contributed by atoms with E-state index in [-0.39, 0.29) is 0 Å². The fourth-order valence-corrected chi connectivity index (χ4v) is 3.89. The molecule has 78 valence electrons. The molecule has 0 atom stereocenters. The molecule has 1 aliphatic heterocycles.